The van der Waals surface area contributed by atoms with Crippen molar-refractivity contribution in [3.63, 3.8) is 0 Å². The summed E-state index contributed by atoms with van der Waals surface area (Å²) < 4.78 is 8.61. The van der Waals surface area contributed by atoms with E-state index in [0.29, 0.717) is 17.0 Å². The molecule has 261 valence electrons. The van der Waals surface area contributed by atoms with Crippen molar-refractivity contribution >= 4 is 70.9 Å². The normalized spacial score (nSPS) is 11.1. The fraction of sp³-hybridized carbons (Fsp3) is 0. The van der Waals surface area contributed by atoms with Gasteiger partial charge in [-0.25, -0.2) is 4.98 Å². The second kappa shape index (κ2) is 14.1. The Morgan fingerprint density at radius 3 is 1.98 bits per heavy atom. The number of nitriles is 1. The van der Waals surface area contributed by atoms with Crippen molar-refractivity contribution < 1.29 is 24.5 Å². The minimum Gasteiger partial charge on any atom is -0.486 e. The van der Waals surface area contributed by atoms with Gasteiger partial charge in [-0.1, -0.05) is 102 Å². The Morgan fingerprint density at radius 2 is 1.25 bits per heavy atom. The van der Waals surface area contributed by atoms with Crippen LogP contribution in [-0.4, -0.2) is 19.4 Å². The number of imidazole rings is 1. The Kier molecular flexibility index (Phi) is 8.68. The van der Waals surface area contributed by atoms with Gasteiger partial charge in [0.2, 0.25) is 5.71 Å². The summed E-state index contributed by atoms with van der Waals surface area (Å²) in [7, 11) is 0. The van der Waals surface area contributed by atoms with E-state index in [0.717, 1.165) is 71.5 Å². The molecule has 0 amide bonds. The number of nitrogens with zero attached hydrogens (tertiary/aromatic N) is 5. The first-order chi connectivity index (χ1) is 26.8. The summed E-state index contributed by atoms with van der Waals surface area (Å²) in [4.78, 5) is 13.9. The molecule has 11 aromatic rings. The van der Waals surface area contributed by atoms with Crippen molar-refractivity contribution in [2.45, 2.75) is 0 Å². The predicted octanol–water partition coefficient (Wildman–Crippen LogP) is 11.7. The summed E-state index contributed by atoms with van der Waals surface area (Å²) in [6.45, 7) is 0. The van der Waals surface area contributed by atoms with Crippen molar-refractivity contribution in [1.29, 1.82) is 5.26 Å². The van der Waals surface area contributed by atoms with Gasteiger partial charge in [0.15, 0.2) is 0 Å². The Labute approximate surface area is 329 Å². The predicted molar refractivity (Wildman–Crippen MR) is 217 cm³/mol. The number of benzene rings is 6. The van der Waals surface area contributed by atoms with Gasteiger partial charge in [-0.2, -0.15) is 5.26 Å². The van der Waals surface area contributed by atoms with Gasteiger partial charge >= 0.3 is 0 Å². The fourth-order valence-corrected chi connectivity index (χ4v) is 7.47. The number of furan rings is 1. The van der Waals surface area contributed by atoms with E-state index in [9.17, 15) is 5.26 Å². The maximum atomic E-state index is 9.42. The molecule has 11 rings (SSSR count). The molecule has 0 bridgehead atoms. The van der Waals surface area contributed by atoms with Crippen LogP contribution in [0.3, 0.4) is 0 Å². The van der Waals surface area contributed by atoms with Crippen LogP contribution in [0.15, 0.2) is 168 Å². The standard InChI is InChI=1S/C37H19N4O.C11H8N.Ir/c38-21-22-19-20-30-29-15-7-16-31(35(29)42-37(30)39-22)36-40-32-17-8-14-28-26-12-4-2-10-24(26)23-9-1-3-11-25(23)27-13-5-6-18-33(27)41(36)34(28)32;1-2-6-10(7-3-1)11-8-4-5-9-12-11;/h1-15,17-20H;1-6,8-9H;/q2*-1;. The summed E-state index contributed by atoms with van der Waals surface area (Å²) in [6, 6.07) is 61.9. The molecule has 0 aliphatic heterocycles. The number of para-hydroxylation sites is 2. The third-order valence-electron chi connectivity index (χ3n) is 9.83. The Hall–Kier alpha value is -6.97. The van der Waals surface area contributed by atoms with Gasteiger partial charge in [0.1, 0.15) is 11.8 Å². The first-order valence-corrected chi connectivity index (χ1v) is 17.6. The van der Waals surface area contributed by atoms with Gasteiger partial charge in [-0.15, -0.1) is 54.1 Å². The van der Waals surface area contributed by atoms with E-state index in [1.54, 1.807) is 12.3 Å². The van der Waals surface area contributed by atoms with E-state index in [4.69, 9.17) is 9.40 Å². The molecule has 55 heavy (non-hydrogen) atoms. The summed E-state index contributed by atoms with van der Waals surface area (Å²) in [5, 5.41) is 18.0. The van der Waals surface area contributed by atoms with Crippen molar-refractivity contribution in [2.75, 3.05) is 0 Å². The third kappa shape index (κ3) is 5.73. The average molecular weight is 882 g/mol. The zero-order valence-corrected chi connectivity index (χ0v) is 31.5. The molecule has 6 nitrogen and oxygen atoms in total. The number of hydrogen-bond acceptors (Lipinski definition) is 5. The van der Waals surface area contributed by atoms with Gasteiger partial charge in [-0.3, -0.25) is 4.98 Å². The molecule has 7 heteroatoms. The second-order valence-corrected chi connectivity index (χ2v) is 12.9. The third-order valence-corrected chi connectivity index (χ3v) is 9.83. The Bertz CT molecular complexity index is 3260. The van der Waals surface area contributed by atoms with Crippen LogP contribution in [0.5, 0.6) is 0 Å². The smallest absolute Gasteiger partial charge is 0.217 e. The fourth-order valence-electron chi connectivity index (χ4n) is 7.47. The van der Waals surface area contributed by atoms with E-state index in [1.165, 1.54) is 10.8 Å². The molecule has 0 saturated carbocycles. The van der Waals surface area contributed by atoms with Crippen LogP contribution >= 0.6 is 0 Å². The zero-order valence-electron chi connectivity index (χ0n) is 29.1. The van der Waals surface area contributed by atoms with E-state index >= 15 is 0 Å². The zero-order chi connectivity index (χ0) is 36.0. The Morgan fingerprint density at radius 1 is 0.564 bits per heavy atom. The molecule has 6 aromatic carbocycles. The summed E-state index contributed by atoms with van der Waals surface area (Å²) in [6.07, 6.45) is 1.79. The number of pyridine rings is 2. The van der Waals surface area contributed by atoms with E-state index in [-0.39, 0.29) is 20.1 Å². The molecule has 5 heterocycles. The van der Waals surface area contributed by atoms with Gasteiger partial charge in [0.05, 0.1) is 22.4 Å². The molecular formula is C48H27IrN5O-2. The molecule has 0 fully saturated rings. The largest absolute Gasteiger partial charge is 0.486 e. The van der Waals surface area contributed by atoms with Crippen LogP contribution in [0, 0.1) is 23.5 Å². The first-order valence-electron chi connectivity index (χ1n) is 17.6. The van der Waals surface area contributed by atoms with Crippen LogP contribution in [-0.2, 0) is 20.1 Å². The van der Waals surface area contributed by atoms with Crippen LogP contribution in [0.1, 0.15) is 5.69 Å². The second-order valence-electron chi connectivity index (χ2n) is 12.9. The molecule has 5 aromatic heterocycles. The molecule has 0 spiro atoms. The maximum absolute atomic E-state index is 9.42. The van der Waals surface area contributed by atoms with Crippen molar-refractivity contribution in [3.05, 3.63) is 182 Å². The molecule has 1 radical (unpaired) electrons. The van der Waals surface area contributed by atoms with Crippen LogP contribution in [0.25, 0.3) is 93.6 Å². The number of fused-ring (bicyclic) bond motifs is 10. The number of hydrogen-bond donors (Lipinski definition) is 0. The summed E-state index contributed by atoms with van der Waals surface area (Å²) >= 11 is 0. The number of rotatable bonds is 2. The molecule has 0 unspecified atom stereocenters. The average Bonchev–Trinajstić information content (AvgIpc) is 3.84. The topological polar surface area (TPSA) is 80.0 Å². The van der Waals surface area contributed by atoms with Gasteiger partial charge < -0.3 is 13.8 Å². The van der Waals surface area contributed by atoms with Crippen molar-refractivity contribution in [2.24, 2.45) is 0 Å². The number of aromatic nitrogens is 4. The van der Waals surface area contributed by atoms with Crippen molar-refractivity contribution in [1.82, 2.24) is 19.4 Å². The molecule has 0 aliphatic carbocycles. The minimum atomic E-state index is 0. The summed E-state index contributed by atoms with van der Waals surface area (Å²) in [5.74, 6) is 0.729. The molecular weight excluding hydrogens is 855 g/mol. The molecule has 0 saturated heterocycles. The SMILES string of the molecule is N#Cc1ccc2c(n1)oc1c(-c3nc4cccc5c6ccccc6c6ccccc6c6ccccc6n3c45)[c-]ccc12.[Ir].[c-]1ccccc1-c1ccccn1. The van der Waals surface area contributed by atoms with E-state index in [1.807, 2.05) is 60.7 Å². The summed E-state index contributed by atoms with van der Waals surface area (Å²) in [5.41, 5.74) is 7.05. The first kappa shape index (κ1) is 33.8. The maximum Gasteiger partial charge on any atom is 0.217 e. The quantitative estimate of drug-likeness (QED) is 0.162. The monoisotopic (exact) mass is 882 g/mol. The molecule has 0 atom stereocenters. The Balaban J connectivity index is 0.000000261. The minimum absolute atomic E-state index is 0. The van der Waals surface area contributed by atoms with Crippen LogP contribution in [0.4, 0.5) is 0 Å². The molecule has 0 aliphatic rings. The van der Waals surface area contributed by atoms with Crippen LogP contribution < -0.4 is 0 Å². The van der Waals surface area contributed by atoms with E-state index < -0.39 is 0 Å². The molecule has 0 N–H and O–H groups in total. The van der Waals surface area contributed by atoms with Crippen LogP contribution in [0.2, 0.25) is 0 Å². The van der Waals surface area contributed by atoms with Gasteiger partial charge in [0.25, 0.3) is 0 Å². The van der Waals surface area contributed by atoms with Crippen molar-refractivity contribution in [3.8, 4) is 28.7 Å². The van der Waals surface area contributed by atoms with Gasteiger partial charge in [0, 0.05) is 48.0 Å². The van der Waals surface area contributed by atoms with E-state index in [2.05, 4.69) is 124 Å². The van der Waals surface area contributed by atoms with Gasteiger partial charge in [-0.05, 0) is 57.6 Å².